The predicted octanol–water partition coefficient (Wildman–Crippen LogP) is 5.88. The molecule has 2 fully saturated rings. The normalized spacial score (nSPS) is 19.3. The summed E-state index contributed by atoms with van der Waals surface area (Å²) in [5.74, 6) is 1.99. The molecule has 1 N–H and O–H groups in total. The van der Waals surface area contributed by atoms with E-state index in [1.165, 1.54) is 0 Å². The summed E-state index contributed by atoms with van der Waals surface area (Å²) in [6.45, 7) is 7.52. The van der Waals surface area contributed by atoms with E-state index < -0.39 is 7.14 Å². The molecule has 2 aliphatic heterocycles. The Hall–Kier alpha value is -2.94. The first kappa shape index (κ1) is 25.7. The molecule has 2 aromatic carbocycles. The number of benzene rings is 2. The van der Waals surface area contributed by atoms with Crippen LogP contribution in [0.15, 0.2) is 30.3 Å². The molecule has 2 aliphatic rings. The van der Waals surface area contributed by atoms with Crippen LogP contribution < -0.4 is 15.4 Å². The number of hydrogen-bond acceptors (Lipinski definition) is 7. The molecule has 0 aliphatic carbocycles. The average Bonchev–Trinajstić information content (AvgIpc) is 2.90. The van der Waals surface area contributed by atoms with Gasteiger partial charge in [-0.05, 0) is 75.1 Å². The van der Waals surface area contributed by atoms with Gasteiger partial charge in [0.2, 0.25) is 0 Å². The molecule has 3 heterocycles. The summed E-state index contributed by atoms with van der Waals surface area (Å²) in [5, 5.41) is 14.7. The van der Waals surface area contributed by atoms with Crippen molar-refractivity contribution in [2.75, 3.05) is 38.0 Å². The second kappa shape index (κ2) is 10.1. The highest BCUT2D eigenvalue weighted by molar-refractivity contribution is 7.71. The van der Waals surface area contributed by atoms with Gasteiger partial charge in [0.1, 0.15) is 24.5 Å². The van der Waals surface area contributed by atoms with Crippen LogP contribution in [0.5, 0.6) is 5.75 Å². The van der Waals surface area contributed by atoms with Gasteiger partial charge in [-0.15, -0.1) is 0 Å². The van der Waals surface area contributed by atoms with Crippen LogP contribution >= 0.6 is 7.14 Å². The first-order valence-electron chi connectivity index (χ1n) is 13.1. The molecule has 37 heavy (non-hydrogen) atoms. The highest BCUT2D eigenvalue weighted by Gasteiger charge is 2.42. The Labute approximate surface area is 219 Å². The number of rotatable bonds is 5. The fraction of sp³-hybridized carbons (Fsp3) is 0.483. The minimum Gasteiger partial charge on any atom is -0.496 e. The fourth-order valence-corrected chi connectivity index (χ4v) is 9.30. The summed E-state index contributed by atoms with van der Waals surface area (Å²) in [5.41, 5.74) is 3.69. The Morgan fingerprint density at radius 2 is 1.86 bits per heavy atom. The molecule has 5 rings (SSSR count). The lowest BCUT2D eigenvalue weighted by Gasteiger charge is -2.43. The van der Waals surface area contributed by atoms with Crippen LogP contribution in [0.1, 0.15) is 61.2 Å². The average molecular weight is 519 g/mol. The zero-order valence-corrected chi connectivity index (χ0v) is 23.0. The van der Waals surface area contributed by atoms with Crippen molar-refractivity contribution in [3.63, 3.8) is 0 Å². The number of nitrogens with zero attached hydrogens (tertiary/aromatic N) is 3. The zero-order valence-electron chi connectivity index (χ0n) is 22.1. The maximum atomic E-state index is 14.4. The summed E-state index contributed by atoms with van der Waals surface area (Å²) in [6.07, 6.45) is 5.45. The van der Waals surface area contributed by atoms with E-state index in [9.17, 15) is 9.83 Å². The predicted molar refractivity (Wildman–Crippen MR) is 147 cm³/mol. The van der Waals surface area contributed by atoms with Crippen molar-refractivity contribution in [3.05, 3.63) is 52.8 Å². The van der Waals surface area contributed by atoms with Gasteiger partial charge in [0.05, 0.1) is 35.6 Å². The van der Waals surface area contributed by atoms with Gasteiger partial charge in [0.15, 0.2) is 0 Å². The van der Waals surface area contributed by atoms with Gasteiger partial charge < -0.3 is 19.4 Å². The van der Waals surface area contributed by atoms with Crippen molar-refractivity contribution in [1.29, 1.82) is 5.26 Å². The molecule has 0 radical (unpaired) electrons. The molecular weight excluding hydrogens is 483 g/mol. The molecule has 0 unspecified atom stereocenters. The van der Waals surface area contributed by atoms with Gasteiger partial charge in [-0.25, -0.2) is 9.97 Å². The van der Waals surface area contributed by atoms with E-state index in [1.54, 1.807) is 7.11 Å². The van der Waals surface area contributed by atoms with E-state index in [2.05, 4.69) is 23.3 Å². The summed E-state index contributed by atoms with van der Waals surface area (Å²) in [6, 6.07) is 11.9. The highest BCUT2D eigenvalue weighted by Crippen LogP contribution is 2.58. The largest absolute Gasteiger partial charge is 0.496 e. The maximum Gasteiger partial charge on any atom is 0.138 e. The molecule has 0 bridgehead atoms. The Balaban J connectivity index is 1.52. The zero-order chi connectivity index (χ0) is 26.2. The van der Waals surface area contributed by atoms with Crippen molar-refractivity contribution in [3.8, 4) is 11.8 Å². The molecule has 3 aromatic rings. The lowest BCUT2D eigenvalue weighted by atomic mass is 9.75. The van der Waals surface area contributed by atoms with Crippen LogP contribution in [0.2, 0.25) is 0 Å². The molecule has 8 heteroatoms. The topological polar surface area (TPSA) is 97.1 Å². The van der Waals surface area contributed by atoms with Gasteiger partial charge in [-0.1, -0.05) is 12.1 Å². The van der Waals surface area contributed by atoms with Crippen molar-refractivity contribution >= 4 is 29.2 Å². The van der Waals surface area contributed by atoms with Gasteiger partial charge in [0.25, 0.3) is 0 Å². The molecule has 1 spiro atoms. The van der Waals surface area contributed by atoms with Crippen molar-refractivity contribution in [2.45, 2.75) is 52.5 Å². The Bertz CT molecular complexity index is 1410. The van der Waals surface area contributed by atoms with Gasteiger partial charge in [0, 0.05) is 37.0 Å². The Kier molecular flexibility index (Phi) is 7.00. The molecule has 7 nitrogen and oxygen atoms in total. The molecule has 194 valence electrons. The van der Waals surface area contributed by atoms with Crippen LogP contribution in [-0.4, -0.2) is 42.6 Å². The van der Waals surface area contributed by atoms with Gasteiger partial charge >= 0.3 is 0 Å². The third-order valence-electron chi connectivity index (χ3n) is 8.42. The van der Waals surface area contributed by atoms with Gasteiger partial charge in [-0.3, -0.25) is 0 Å². The number of aromatic nitrogens is 2. The van der Waals surface area contributed by atoms with Gasteiger partial charge in [-0.2, -0.15) is 5.26 Å². The Morgan fingerprint density at radius 3 is 2.54 bits per heavy atom. The third-order valence-corrected chi connectivity index (χ3v) is 11.5. The van der Waals surface area contributed by atoms with Crippen molar-refractivity contribution in [1.82, 2.24) is 9.97 Å². The molecule has 0 saturated carbocycles. The number of nitriles is 1. The van der Waals surface area contributed by atoms with E-state index in [0.717, 1.165) is 66.2 Å². The summed E-state index contributed by atoms with van der Waals surface area (Å²) >= 11 is 0. The number of hydrogen-bond donors (Lipinski definition) is 1. The van der Waals surface area contributed by atoms with Crippen LogP contribution in [0.25, 0.3) is 10.9 Å². The number of aryl methyl sites for hydroxylation is 1. The minimum atomic E-state index is -2.64. The smallest absolute Gasteiger partial charge is 0.138 e. The number of anilines is 1. The minimum absolute atomic E-state index is 0.0876. The number of ether oxygens (including phenoxy) is 2. The van der Waals surface area contributed by atoms with Crippen molar-refractivity contribution in [2.24, 2.45) is 5.41 Å². The van der Waals surface area contributed by atoms with Crippen LogP contribution in [-0.2, 0) is 9.30 Å². The van der Waals surface area contributed by atoms with Crippen molar-refractivity contribution < 1.29 is 14.0 Å². The maximum absolute atomic E-state index is 14.4. The second-order valence-corrected chi connectivity index (χ2v) is 13.8. The summed E-state index contributed by atoms with van der Waals surface area (Å²) in [4.78, 5) is 9.41. The SMILES string of the molecule is COc1cc2nc(C)nc(N[C@H](C)c3cccc(C#N)c3C)c2cc1P1(=O)CCC2(CCOCC2)CC1. The third kappa shape index (κ3) is 4.85. The number of fused-ring (bicyclic) bond motifs is 1. The molecule has 2 saturated heterocycles. The monoisotopic (exact) mass is 518 g/mol. The number of methoxy groups -OCH3 is 1. The summed E-state index contributed by atoms with van der Waals surface area (Å²) in [7, 11) is -1.00. The molecule has 1 aromatic heterocycles. The highest BCUT2D eigenvalue weighted by atomic mass is 31.2. The van der Waals surface area contributed by atoms with Crippen LogP contribution in [0, 0.1) is 30.6 Å². The second-order valence-electron chi connectivity index (χ2n) is 10.6. The van der Waals surface area contributed by atoms with Crippen LogP contribution in [0.3, 0.4) is 0 Å². The first-order valence-corrected chi connectivity index (χ1v) is 15.1. The van der Waals surface area contributed by atoms with Crippen LogP contribution in [0.4, 0.5) is 5.82 Å². The Morgan fingerprint density at radius 1 is 1.14 bits per heavy atom. The van der Waals surface area contributed by atoms with E-state index in [0.29, 0.717) is 35.3 Å². The first-order chi connectivity index (χ1) is 17.8. The number of nitrogens with one attached hydrogen (secondary N) is 1. The molecular formula is C29H35N4O3P. The van der Waals surface area contributed by atoms with E-state index in [-0.39, 0.29) is 11.5 Å². The van der Waals surface area contributed by atoms with E-state index in [4.69, 9.17) is 14.5 Å². The molecule has 1 atom stereocenters. The lowest BCUT2D eigenvalue weighted by molar-refractivity contribution is 0.00947. The fourth-order valence-electron chi connectivity index (χ4n) is 6.00. The summed E-state index contributed by atoms with van der Waals surface area (Å²) < 4.78 is 25.8. The molecule has 0 amide bonds. The quantitative estimate of drug-likeness (QED) is 0.421. The lowest BCUT2D eigenvalue weighted by Crippen LogP contribution is -2.36. The van der Waals surface area contributed by atoms with E-state index >= 15 is 0 Å². The van der Waals surface area contributed by atoms with E-state index in [1.807, 2.05) is 44.2 Å². The standard InChI is InChI=1S/C29H35N4O3P/c1-19-22(18-30)6-5-7-23(19)20(2)31-28-24-16-27(26(35-4)17-25(24)32-21(3)33-28)37(34)14-10-29(11-15-37)8-12-36-13-9-29/h5-7,16-17,20H,8-15H2,1-4H3,(H,31,32,33)/t20-/m1/s1.